The lowest BCUT2D eigenvalue weighted by Crippen LogP contribution is -2.33. The molecule has 0 fully saturated rings. The zero-order valence-corrected chi connectivity index (χ0v) is 7.96. The predicted octanol–water partition coefficient (Wildman–Crippen LogP) is 2.29. The van der Waals surface area contributed by atoms with Crippen LogP contribution in [0.4, 0.5) is 0 Å². The summed E-state index contributed by atoms with van der Waals surface area (Å²) in [7, 11) is 0. The molecule has 0 saturated heterocycles. The zero-order valence-electron chi connectivity index (χ0n) is 7.96. The molecule has 0 spiro atoms. The number of rotatable bonds is 1. The summed E-state index contributed by atoms with van der Waals surface area (Å²) in [6.45, 7) is 5.72. The van der Waals surface area contributed by atoms with Crippen LogP contribution < -0.4 is 0 Å². The Balaban J connectivity index is 2.65. The highest BCUT2D eigenvalue weighted by Crippen LogP contribution is 2.33. The van der Waals surface area contributed by atoms with Gasteiger partial charge in [-0.25, -0.2) is 0 Å². The van der Waals surface area contributed by atoms with Crippen molar-refractivity contribution in [3.05, 3.63) is 12.2 Å². The highest BCUT2D eigenvalue weighted by molar-refractivity contribution is 5.66. The van der Waals surface area contributed by atoms with Crippen molar-refractivity contribution in [1.29, 1.82) is 0 Å². The first-order valence-electron chi connectivity index (χ1n) is 4.36. The minimum atomic E-state index is -0.195. The maximum atomic E-state index is 10.7. The van der Waals surface area contributed by atoms with Crippen LogP contribution in [-0.4, -0.2) is 12.1 Å². The summed E-state index contributed by atoms with van der Waals surface area (Å²) in [5.74, 6) is -0.195. The fourth-order valence-electron chi connectivity index (χ4n) is 1.46. The molecule has 0 aliphatic heterocycles. The van der Waals surface area contributed by atoms with E-state index < -0.39 is 0 Å². The number of esters is 1. The Kier molecular flexibility index (Phi) is 2.55. The molecular formula is C10H16O2. The Morgan fingerprint density at radius 3 is 2.75 bits per heavy atom. The number of carbonyl (C=O) groups excluding carboxylic acids is 1. The van der Waals surface area contributed by atoms with E-state index in [0.717, 1.165) is 12.8 Å². The quantitative estimate of drug-likeness (QED) is 0.443. The van der Waals surface area contributed by atoms with E-state index in [0.29, 0.717) is 0 Å². The van der Waals surface area contributed by atoms with Gasteiger partial charge in [-0.3, -0.25) is 4.79 Å². The van der Waals surface area contributed by atoms with Crippen molar-refractivity contribution >= 4 is 5.97 Å². The number of ether oxygens (including phenoxy) is 1. The van der Waals surface area contributed by atoms with Crippen molar-refractivity contribution in [3.63, 3.8) is 0 Å². The molecule has 0 aromatic carbocycles. The second-order valence-electron chi connectivity index (χ2n) is 3.99. The standard InChI is InChI=1S/C10H16O2/c1-8(11)12-9-6-4-5-7-10(9,2)3/h4,6,9H,5,7H2,1-3H3/t9-/m0/s1. The lowest BCUT2D eigenvalue weighted by atomic mass is 9.78. The summed E-state index contributed by atoms with van der Waals surface area (Å²) in [6, 6.07) is 0. The van der Waals surface area contributed by atoms with Crippen molar-refractivity contribution in [2.24, 2.45) is 5.41 Å². The lowest BCUT2D eigenvalue weighted by molar-refractivity contribution is -0.149. The van der Waals surface area contributed by atoms with Gasteiger partial charge in [-0.05, 0) is 18.9 Å². The Morgan fingerprint density at radius 2 is 2.25 bits per heavy atom. The molecule has 1 rings (SSSR count). The molecule has 0 amide bonds. The molecule has 2 heteroatoms. The highest BCUT2D eigenvalue weighted by atomic mass is 16.5. The van der Waals surface area contributed by atoms with Crippen molar-refractivity contribution in [1.82, 2.24) is 0 Å². The predicted molar refractivity (Wildman–Crippen MR) is 47.7 cm³/mol. The van der Waals surface area contributed by atoms with E-state index in [2.05, 4.69) is 19.9 Å². The fourth-order valence-corrected chi connectivity index (χ4v) is 1.46. The van der Waals surface area contributed by atoms with Gasteiger partial charge in [0.1, 0.15) is 6.10 Å². The van der Waals surface area contributed by atoms with Crippen molar-refractivity contribution in [3.8, 4) is 0 Å². The van der Waals surface area contributed by atoms with Crippen LogP contribution in [0.3, 0.4) is 0 Å². The van der Waals surface area contributed by atoms with E-state index in [1.165, 1.54) is 6.92 Å². The van der Waals surface area contributed by atoms with Gasteiger partial charge in [0, 0.05) is 12.3 Å². The van der Waals surface area contributed by atoms with Crippen molar-refractivity contribution in [2.75, 3.05) is 0 Å². The maximum Gasteiger partial charge on any atom is 0.303 e. The molecule has 0 N–H and O–H groups in total. The van der Waals surface area contributed by atoms with Crippen LogP contribution in [0.5, 0.6) is 0 Å². The van der Waals surface area contributed by atoms with E-state index >= 15 is 0 Å². The minimum absolute atomic E-state index is 0.0382. The molecule has 1 atom stereocenters. The first-order chi connectivity index (χ1) is 5.52. The first kappa shape index (κ1) is 9.30. The second-order valence-corrected chi connectivity index (χ2v) is 3.99. The normalized spacial score (nSPS) is 26.8. The van der Waals surface area contributed by atoms with Gasteiger partial charge in [-0.1, -0.05) is 19.9 Å². The summed E-state index contributed by atoms with van der Waals surface area (Å²) >= 11 is 0. The number of allylic oxidation sites excluding steroid dienone is 1. The van der Waals surface area contributed by atoms with Gasteiger partial charge >= 0.3 is 5.97 Å². The van der Waals surface area contributed by atoms with Gasteiger partial charge < -0.3 is 4.74 Å². The fraction of sp³-hybridized carbons (Fsp3) is 0.700. The lowest BCUT2D eigenvalue weighted by Gasteiger charge is -2.34. The first-order valence-corrected chi connectivity index (χ1v) is 4.36. The third kappa shape index (κ3) is 2.10. The molecule has 12 heavy (non-hydrogen) atoms. The molecule has 0 radical (unpaired) electrons. The van der Waals surface area contributed by atoms with E-state index in [1.54, 1.807) is 0 Å². The van der Waals surface area contributed by atoms with Crippen LogP contribution in [-0.2, 0) is 9.53 Å². The molecular weight excluding hydrogens is 152 g/mol. The van der Waals surface area contributed by atoms with Gasteiger partial charge in [0.05, 0.1) is 0 Å². The average molecular weight is 168 g/mol. The maximum absolute atomic E-state index is 10.7. The summed E-state index contributed by atoms with van der Waals surface area (Å²) in [5, 5.41) is 0. The average Bonchev–Trinajstić information content (AvgIpc) is 1.92. The van der Waals surface area contributed by atoms with E-state index in [4.69, 9.17) is 4.74 Å². The highest BCUT2D eigenvalue weighted by Gasteiger charge is 2.31. The van der Waals surface area contributed by atoms with E-state index in [1.807, 2.05) is 6.08 Å². The molecule has 68 valence electrons. The summed E-state index contributed by atoms with van der Waals surface area (Å²) < 4.78 is 5.18. The van der Waals surface area contributed by atoms with Crippen LogP contribution in [0.1, 0.15) is 33.6 Å². The third-order valence-electron chi connectivity index (χ3n) is 2.33. The smallest absolute Gasteiger partial charge is 0.303 e. The van der Waals surface area contributed by atoms with Crippen LogP contribution in [0.2, 0.25) is 0 Å². The molecule has 0 bridgehead atoms. The Bertz CT molecular complexity index is 204. The van der Waals surface area contributed by atoms with Crippen LogP contribution in [0, 0.1) is 5.41 Å². The molecule has 0 aromatic rings. The van der Waals surface area contributed by atoms with Crippen LogP contribution in [0.25, 0.3) is 0 Å². The molecule has 0 aromatic heterocycles. The zero-order chi connectivity index (χ0) is 9.19. The molecule has 1 aliphatic carbocycles. The summed E-state index contributed by atoms with van der Waals surface area (Å²) in [6.07, 6.45) is 6.21. The van der Waals surface area contributed by atoms with Gasteiger partial charge in [0.15, 0.2) is 0 Å². The van der Waals surface area contributed by atoms with Gasteiger partial charge in [0.25, 0.3) is 0 Å². The molecule has 2 nitrogen and oxygen atoms in total. The van der Waals surface area contributed by atoms with Crippen LogP contribution >= 0.6 is 0 Å². The molecule has 0 heterocycles. The van der Waals surface area contributed by atoms with Crippen molar-refractivity contribution in [2.45, 2.75) is 39.7 Å². The summed E-state index contributed by atoms with van der Waals surface area (Å²) in [4.78, 5) is 10.7. The summed E-state index contributed by atoms with van der Waals surface area (Å²) in [5.41, 5.74) is 0.0976. The van der Waals surface area contributed by atoms with E-state index in [-0.39, 0.29) is 17.5 Å². The largest absolute Gasteiger partial charge is 0.458 e. The SMILES string of the molecule is CC(=O)O[C@H]1C=CCCC1(C)C. The van der Waals surface area contributed by atoms with Gasteiger partial charge in [0.2, 0.25) is 0 Å². The monoisotopic (exact) mass is 168 g/mol. The molecule has 1 aliphatic rings. The minimum Gasteiger partial charge on any atom is -0.458 e. The molecule has 0 saturated carbocycles. The second kappa shape index (κ2) is 3.30. The van der Waals surface area contributed by atoms with Gasteiger partial charge in [-0.15, -0.1) is 0 Å². The Morgan fingerprint density at radius 1 is 1.58 bits per heavy atom. The van der Waals surface area contributed by atoms with E-state index in [9.17, 15) is 4.79 Å². The number of hydrogen-bond donors (Lipinski definition) is 0. The topological polar surface area (TPSA) is 26.3 Å². The van der Waals surface area contributed by atoms with Gasteiger partial charge in [-0.2, -0.15) is 0 Å². The third-order valence-corrected chi connectivity index (χ3v) is 2.33. The van der Waals surface area contributed by atoms with Crippen molar-refractivity contribution < 1.29 is 9.53 Å². The molecule has 0 unspecified atom stereocenters. The number of carbonyl (C=O) groups is 1. The van der Waals surface area contributed by atoms with Crippen LogP contribution in [0.15, 0.2) is 12.2 Å². The Hall–Kier alpha value is -0.790. The number of hydrogen-bond acceptors (Lipinski definition) is 2. The Labute approximate surface area is 73.6 Å².